The summed E-state index contributed by atoms with van der Waals surface area (Å²) in [4.78, 5) is 23.7. The summed E-state index contributed by atoms with van der Waals surface area (Å²) in [6.45, 7) is 7.90. The minimum Gasteiger partial charge on any atom is -0.380 e. The van der Waals surface area contributed by atoms with Gasteiger partial charge in [0.1, 0.15) is 11.9 Å². The van der Waals surface area contributed by atoms with Gasteiger partial charge in [-0.3, -0.25) is 14.9 Å². The van der Waals surface area contributed by atoms with Gasteiger partial charge in [-0.2, -0.15) is 5.10 Å². The van der Waals surface area contributed by atoms with E-state index in [1.807, 2.05) is 11.8 Å². The maximum Gasteiger partial charge on any atom is 0.256 e. The highest BCUT2D eigenvalue weighted by Crippen LogP contribution is 2.38. The summed E-state index contributed by atoms with van der Waals surface area (Å²) >= 11 is 0. The summed E-state index contributed by atoms with van der Waals surface area (Å²) in [6, 6.07) is 2.17. The van der Waals surface area contributed by atoms with Crippen LogP contribution in [-0.4, -0.2) is 56.7 Å². The van der Waals surface area contributed by atoms with Crippen LogP contribution >= 0.6 is 0 Å². The van der Waals surface area contributed by atoms with Crippen molar-refractivity contribution in [3.63, 3.8) is 0 Å². The highest BCUT2D eigenvalue weighted by Gasteiger charge is 2.33. The molecule has 2 N–H and O–H groups in total. The molecule has 0 bridgehead atoms. The van der Waals surface area contributed by atoms with Crippen molar-refractivity contribution in [2.75, 3.05) is 25.0 Å². The standard InChI is InChI=1S/C20H28N6O2/c1-13-22-18(25-24-13)17-12-26(8-9-28-17)19(27)15-5-7-21-11-16(15)23-14-4-6-20(2,3)10-14/h5,7,11,14,17,23H,4,6,8-10,12H2,1-3H3,(H,22,24,25). The molecule has 2 aliphatic rings. The molecular weight excluding hydrogens is 356 g/mol. The fourth-order valence-electron chi connectivity index (χ4n) is 4.14. The SMILES string of the molecule is Cc1nc(C2CN(C(=O)c3ccncc3NC3CCC(C)(C)C3)CCO2)n[nH]1. The highest BCUT2D eigenvalue weighted by molar-refractivity contribution is 5.99. The average molecular weight is 384 g/mol. The van der Waals surface area contributed by atoms with Gasteiger partial charge in [0, 0.05) is 18.8 Å². The van der Waals surface area contributed by atoms with E-state index in [9.17, 15) is 4.79 Å². The Kier molecular flexibility index (Phi) is 5.05. The molecule has 28 heavy (non-hydrogen) atoms. The number of hydrogen-bond donors (Lipinski definition) is 2. The van der Waals surface area contributed by atoms with Crippen molar-refractivity contribution in [2.24, 2.45) is 5.41 Å². The van der Waals surface area contributed by atoms with Crippen molar-refractivity contribution in [1.29, 1.82) is 0 Å². The molecule has 1 amide bonds. The largest absolute Gasteiger partial charge is 0.380 e. The summed E-state index contributed by atoms with van der Waals surface area (Å²) in [5, 5.41) is 10.6. The van der Waals surface area contributed by atoms with Gasteiger partial charge in [-0.1, -0.05) is 13.8 Å². The number of carbonyl (C=O) groups is 1. The molecule has 4 rings (SSSR count). The molecular formula is C20H28N6O2. The van der Waals surface area contributed by atoms with E-state index in [2.05, 4.69) is 39.3 Å². The lowest BCUT2D eigenvalue weighted by Crippen LogP contribution is -2.42. The third kappa shape index (κ3) is 4.01. The summed E-state index contributed by atoms with van der Waals surface area (Å²) in [6.07, 6.45) is 6.52. The van der Waals surface area contributed by atoms with Gasteiger partial charge in [0.25, 0.3) is 5.91 Å². The zero-order valence-corrected chi connectivity index (χ0v) is 16.7. The number of ether oxygens (including phenoxy) is 1. The lowest BCUT2D eigenvalue weighted by Gasteiger charge is -2.32. The number of aromatic nitrogens is 4. The van der Waals surface area contributed by atoms with E-state index in [-0.39, 0.29) is 12.0 Å². The van der Waals surface area contributed by atoms with Crippen molar-refractivity contribution in [2.45, 2.75) is 52.2 Å². The van der Waals surface area contributed by atoms with Crippen LogP contribution < -0.4 is 5.32 Å². The van der Waals surface area contributed by atoms with E-state index in [1.54, 1.807) is 18.5 Å². The minimum atomic E-state index is -0.309. The first-order valence-corrected chi connectivity index (χ1v) is 9.92. The van der Waals surface area contributed by atoms with Crippen LogP contribution in [0.15, 0.2) is 18.5 Å². The van der Waals surface area contributed by atoms with Crippen LogP contribution in [0.4, 0.5) is 5.69 Å². The predicted molar refractivity (Wildman–Crippen MR) is 105 cm³/mol. The van der Waals surface area contributed by atoms with E-state index < -0.39 is 0 Å². The first-order chi connectivity index (χ1) is 13.4. The van der Waals surface area contributed by atoms with Crippen LogP contribution in [0.3, 0.4) is 0 Å². The lowest BCUT2D eigenvalue weighted by molar-refractivity contribution is -0.0266. The van der Waals surface area contributed by atoms with Crippen LogP contribution in [0.1, 0.15) is 61.2 Å². The maximum atomic E-state index is 13.3. The molecule has 8 heteroatoms. The number of H-pyrrole nitrogens is 1. The molecule has 2 aromatic rings. The number of hydrogen-bond acceptors (Lipinski definition) is 6. The van der Waals surface area contributed by atoms with Crippen LogP contribution in [0.25, 0.3) is 0 Å². The monoisotopic (exact) mass is 384 g/mol. The normalized spacial score (nSPS) is 24.3. The maximum absolute atomic E-state index is 13.3. The van der Waals surface area contributed by atoms with Crippen molar-refractivity contribution in [1.82, 2.24) is 25.1 Å². The third-order valence-corrected chi connectivity index (χ3v) is 5.64. The number of rotatable bonds is 4. The van der Waals surface area contributed by atoms with Crippen LogP contribution in [0.5, 0.6) is 0 Å². The summed E-state index contributed by atoms with van der Waals surface area (Å²) in [7, 11) is 0. The van der Waals surface area contributed by atoms with Gasteiger partial charge in [0.15, 0.2) is 5.82 Å². The van der Waals surface area contributed by atoms with Gasteiger partial charge in [0.2, 0.25) is 0 Å². The van der Waals surface area contributed by atoms with Crippen LogP contribution in [0, 0.1) is 12.3 Å². The van der Waals surface area contributed by atoms with Crippen molar-refractivity contribution in [3.05, 3.63) is 35.7 Å². The third-order valence-electron chi connectivity index (χ3n) is 5.64. The molecule has 0 radical (unpaired) electrons. The minimum absolute atomic E-state index is 0.0114. The van der Waals surface area contributed by atoms with Gasteiger partial charge in [-0.05, 0) is 37.7 Å². The number of nitrogens with zero attached hydrogens (tertiary/aromatic N) is 4. The second kappa shape index (κ2) is 7.50. The Morgan fingerprint density at radius 3 is 3.00 bits per heavy atom. The average Bonchev–Trinajstić information content (AvgIpc) is 3.27. The van der Waals surface area contributed by atoms with Gasteiger partial charge >= 0.3 is 0 Å². The number of nitrogens with one attached hydrogen (secondary N) is 2. The van der Waals surface area contributed by atoms with Gasteiger partial charge < -0.3 is 15.0 Å². The Balaban J connectivity index is 1.48. The molecule has 1 saturated carbocycles. The van der Waals surface area contributed by atoms with Gasteiger partial charge in [-0.25, -0.2) is 4.98 Å². The van der Waals surface area contributed by atoms with E-state index in [0.29, 0.717) is 42.5 Å². The molecule has 2 fully saturated rings. The summed E-state index contributed by atoms with van der Waals surface area (Å²) in [5.74, 6) is 1.32. The Labute approximate surface area is 165 Å². The Morgan fingerprint density at radius 1 is 1.43 bits per heavy atom. The Bertz CT molecular complexity index is 849. The molecule has 1 saturated heterocycles. The van der Waals surface area contributed by atoms with Crippen molar-refractivity contribution < 1.29 is 9.53 Å². The van der Waals surface area contributed by atoms with Gasteiger partial charge in [-0.15, -0.1) is 0 Å². The second-order valence-electron chi connectivity index (χ2n) is 8.56. The van der Waals surface area contributed by atoms with Crippen molar-refractivity contribution in [3.8, 4) is 0 Å². The molecule has 2 unspecified atom stereocenters. The number of amides is 1. The number of carbonyl (C=O) groups excluding carboxylic acids is 1. The van der Waals surface area contributed by atoms with E-state index in [0.717, 1.165) is 24.4 Å². The van der Waals surface area contributed by atoms with E-state index >= 15 is 0 Å². The Hall–Kier alpha value is -2.48. The summed E-state index contributed by atoms with van der Waals surface area (Å²) < 4.78 is 5.79. The number of morpholine rings is 1. The number of aryl methyl sites for hydroxylation is 1. The second-order valence-corrected chi connectivity index (χ2v) is 8.56. The van der Waals surface area contributed by atoms with Gasteiger partial charge in [0.05, 0.1) is 30.6 Å². The fourth-order valence-corrected chi connectivity index (χ4v) is 4.14. The molecule has 2 aromatic heterocycles. The first-order valence-electron chi connectivity index (χ1n) is 9.92. The zero-order chi connectivity index (χ0) is 19.7. The molecule has 8 nitrogen and oxygen atoms in total. The predicted octanol–water partition coefficient (Wildman–Crippen LogP) is 2.71. The number of aromatic amines is 1. The zero-order valence-electron chi connectivity index (χ0n) is 16.7. The molecule has 2 atom stereocenters. The fraction of sp³-hybridized carbons (Fsp3) is 0.600. The molecule has 3 heterocycles. The topological polar surface area (TPSA) is 96.0 Å². The first kappa shape index (κ1) is 18.9. The molecule has 150 valence electrons. The molecule has 0 spiro atoms. The number of anilines is 1. The number of pyridine rings is 1. The summed E-state index contributed by atoms with van der Waals surface area (Å²) in [5.41, 5.74) is 1.81. The molecule has 1 aliphatic carbocycles. The van der Waals surface area contributed by atoms with Crippen LogP contribution in [-0.2, 0) is 4.74 Å². The van der Waals surface area contributed by atoms with E-state index in [1.165, 1.54) is 6.42 Å². The smallest absolute Gasteiger partial charge is 0.256 e. The molecule has 1 aliphatic heterocycles. The van der Waals surface area contributed by atoms with Crippen molar-refractivity contribution >= 4 is 11.6 Å². The lowest BCUT2D eigenvalue weighted by atomic mass is 9.92. The van der Waals surface area contributed by atoms with Crippen LogP contribution in [0.2, 0.25) is 0 Å². The van der Waals surface area contributed by atoms with E-state index in [4.69, 9.17) is 4.74 Å². The molecule has 0 aromatic carbocycles. The Morgan fingerprint density at radius 2 is 2.29 bits per heavy atom. The quantitative estimate of drug-likeness (QED) is 0.841. The highest BCUT2D eigenvalue weighted by atomic mass is 16.5.